The van der Waals surface area contributed by atoms with Gasteiger partial charge in [0.25, 0.3) is 5.91 Å². The minimum absolute atomic E-state index is 0.116. The van der Waals surface area contributed by atoms with E-state index in [1.807, 2.05) is 44.2 Å². The smallest absolute Gasteiger partial charge is 0.257 e. The summed E-state index contributed by atoms with van der Waals surface area (Å²) >= 11 is 0. The minimum Gasteiger partial charge on any atom is -0.508 e. The molecule has 0 heterocycles. The zero-order chi connectivity index (χ0) is 18.0. The zero-order valence-corrected chi connectivity index (χ0v) is 14.9. The largest absolute Gasteiger partial charge is 0.508 e. The van der Waals surface area contributed by atoms with Crippen LogP contribution in [-0.4, -0.2) is 34.1 Å². The van der Waals surface area contributed by atoms with Crippen LogP contribution in [0.3, 0.4) is 0 Å². The lowest BCUT2D eigenvalue weighted by atomic mass is 9.91. The number of hydrogen-bond donors (Lipinski definition) is 2. The van der Waals surface area contributed by atoms with Crippen molar-refractivity contribution in [3.63, 3.8) is 0 Å². The average Bonchev–Trinajstić information content (AvgIpc) is 2.59. The molecule has 2 aromatic rings. The van der Waals surface area contributed by atoms with Gasteiger partial charge in [-0.1, -0.05) is 24.3 Å². The first-order chi connectivity index (χ1) is 12.0. The predicted octanol–water partition coefficient (Wildman–Crippen LogP) is 3.46. The third-order valence-corrected chi connectivity index (χ3v) is 5.11. The monoisotopic (exact) mass is 339 g/mol. The number of amides is 1. The Bertz CT molecular complexity index is 794. The first kappa shape index (κ1) is 17.3. The van der Waals surface area contributed by atoms with Crippen LogP contribution in [0.5, 0.6) is 11.5 Å². The molecule has 0 saturated heterocycles. The number of carbonyl (C=O) groups excluding carboxylic acids is 1. The van der Waals surface area contributed by atoms with Gasteiger partial charge < -0.3 is 15.1 Å². The van der Waals surface area contributed by atoms with Gasteiger partial charge >= 0.3 is 0 Å². The molecule has 6 rings (SSSR count). The second-order valence-corrected chi connectivity index (χ2v) is 6.55. The van der Waals surface area contributed by atoms with Crippen LogP contribution in [0.1, 0.15) is 46.5 Å². The number of aryl methyl sites for hydroxylation is 4. The molecule has 132 valence electrons. The molecule has 0 fully saturated rings. The summed E-state index contributed by atoms with van der Waals surface area (Å²) in [6, 6.07) is 9.68. The summed E-state index contributed by atoms with van der Waals surface area (Å²) in [7, 11) is 0. The van der Waals surface area contributed by atoms with E-state index in [0.717, 1.165) is 22.3 Å². The highest BCUT2D eigenvalue weighted by molar-refractivity contribution is 5.98. The van der Waals surface area contributed by atoms with Crippen molar-refractivity contribution in [3.8, 4) is 11.5 Å². The normalized spacial score (nSPS) is 13.4. The highest BCUT2D eigenvalue weighted by atomic mass is 16.3. The molecule has 0 saturated carbocycles. The zero-order valence-electron chi connectivity index (χ0n) is 14.9. The van der Waals surface area contributed by atoms with E-state index >= 15 is 0 Å². The second-order valence-electron chi connectivity index (χ2n) is 6.55. The maximum absolute atomic E-state index is 13.0. The number of nitrogens with zero attached hydrogens (tertiary/aromatic N) is 1. The molecule has 0 aromatic heterocycles. The molecule has 4 aliphatic carbocycles. The Morgan fingerprint density at radius 1 is 0.920 bits per heavy atom. The van der Waals surface area contributed by atoms with Crippen molar-refractivity contribution in [2.24, 2.45) is 0 Å². The van der Waals surface area contributed by atoms with Gasteiger partial charge in [-0.25, -0.2) is 0 Å². The van der Waals surface area contributed by atoms with E-state index in [-0.39, 0.29) is 11.7 Å². The van der Waals surface area contributed by atoms with Crippen molar-refractivity contribution in [3.05, 3.63) is 58.1 Å². The molecular formula is C21H25NO3. The van der Waals surface area contributed by atoms with Crippen LogP contribution in [-0.2, 0) is 25.7 Å². The summed E-state index contributed by atoms with van der Waals surface area (Å²) in [4.78, 5) is 14.7. The van der Waals surface area contributed by atoms with Crippen LogP contribution in [0, 0.1) is 0 Å². The molecule has 4 heteroatoms. The molecule has 0 atom stereocenters. The Hall–Kier alpha value is -2.49. The third-order valence-electron chi connectivity index (χ3n) is 5.11. The first-order valence-electron chi connectivity index (χ1n) is 8.98. The fourth-order valence-corrected chi connectivity index (χ4v) is 3.52. The average molecular weight is 339 g/mol. The fourth-order valence-electron chi connectivity index (χ4n) is 3.52. The number of phenols is 2. The van der Waals surface area contributed by atoms with Gasteiger partial charge in [-0.3, -0.25) is 4.79 Å². The summed E-state index contributed by atoms with van der Waals surface area (Å²) in [5.41, 5.74) is 3.94. The summed E-state index contributed by atoms with van der Waals surface area (Å²) in [6.07, 6.45) is 2.57. The minimum atomic E-state index is -0.116. The predicted molar refractivity (Wildman–Crippen MR) is 98.3 cm³/mol. The van der Waals surface area contributed by atoms with Gasteiger partial charge in [0.1, 0.15) is 11.5 Å². The van der Waals surface area contributed by atoms with E-state index in [1.165, 1.54) is 0 Å². The summed E-state index contributed by atoms with van der Waals surface area (Å²) in [6.45, 7) is 5.11. The molecular weight excluding hydrogens is 314 g/mol. The lowest BCUT2D eigenvalue weighted by Crippen LogP contribution is -2.31. The molecule has 25 heavy (non-hydrogen) atoms. The van der Waals surface area contributed by atoms with Crippen molar-refractivity contribution < 1.29 is 15.0 Å². The highest BCUT2D eigenvalue weighted by Gasteiger charge is 2.23. The topological polar surface area (TPSA) is 60.8 Å². The number of hydrogen-bond acceptors (Lipinski definition) is 3. The Morgan fingerprint density at radius 2 is 1.52 bits per heavy atom. The Labute approximate surface area is 148 Å². The second kappa shape index (κ2) is 7.18. The van der Waals surface area contributed by atoms with Crippen molar-refractivity contribution in [2.45, 2.75) is 39.5 Å². The molecule has 4 nitrogen and oxygen atoms in total. The van der Waals surface area contributed by atoms with E-state index in [1.54, 1.807) is 4.90 Å². The molecule has 4 bridgehead atoms. The number of phenolic OH excluding ortho intramolecular Hbond substituents is 2. The quantitative estimate of drug-likeness (QED) is 0.900. The van der Waals surface area contributed by atoms with Gasteiger partial charge in [-0.2, -0.15) is 0 Å². The fraction of sp³-hybridized carbons (Fsp3) is 0.381. The van der Waals surface area contributed by atoms with Crippen LogP contribution in [0.15, 0.2) is 30.3 Å². The van der Waals surface area contributed by atoms with E-state index in [9.17, 15) is 15.0 Å². The Balaban J connectivity index is 2.07. The number of benzene rings is 2. The van der Waals surface area contributed by atoms with Crippen LogP contribution in [0.4, 0.5) is 0 Å². The summed E-state index contributed by atoms with van der Waals surface area (Å²) in [5.74, 6) is 0.316. The molecule has 0 unspecified atom stereocenters. The van der Waals surface area contributed by atoms with Gasteiger partial charge in [0, 0.05) is 13.1 Å². The van der Waals surface area contributed by atoms with Crippen LogP contribution < -0.4 is 0 Å². The molecule has 2 aromatic carbocycles. The maximum Gasteiger partial charge on any atom is 0.257 e. The van der Waals surface area contributed by atoms with Crippen molar-refractivity contribution in [1.29, 1.82) is 0 Å². The van der Waals surface area contributed by atoms with E-state index in [2.05, 4.69) is 0 Å². The van der Waals surface area contributed by atoms with Crippen molar-refractivity contribution in [1.82, 2.24) is 4.90 Å². The summed E-state index contributed by atoms with van der Waals surface area (Å²) in [5, 5.41) is 21.0. The Morgan fingerprint density at radius 3 is 2.20 bits per heavy atom. The van der Waals surface area contributed by atoms with E-state index < -0.39 is 0 Å². The third kappa shape index (κ3) is 3.34. The standard InChI is InChI=1S/C21H25NO3/c1-3-22(4-2)21(25)19-16-10-9-15-7-5-14(13-18(15)23)6-8-17(12-11-16)20(19)24/h5,7,11-13,23-24H,3-4,6,8-10H2,1-2H3. The van der Waals surface area contributed by atoms with Crippen molar-refractivity contribution in [2.75, 3.05) is 13.1 Å². The molecule has 0 radical (unpaired) electrons. The van der Waals surface area contributed by atoms with Gasteiger partial charge in [0.05, 0.1) is 5.56 Å². The van der Waals surface area contributed by atoms with Gasteiger partial charge in [0.2, 0.25) is 0 Å². The van der Waals surface area contributed by atoms with Crippen LogP contribution >= 0.6 is 0 Å². The lowest BCUT2D eigenvalue weighted by Gasteiger charge is -2.23. The maximum atomic E-state index is 13.0. The number of aromatic hydroxyl groups is 2. The summed E-state index contributed by atoms with van der Waals surface area (Å²) < 4.78 is 0. The molecule has 2 N–H and O–H groups in total. The molecule has 0 aliphatic heterocycles. The molecule has 4 aliphatic rings. The molecule has 1 amide bonds. The van der Waals surface area contributed by atoms with Gasteiger partial charge in [-0.15, -0.1) is 0 Å². The first-order valence-corrected chi connectivity index (χ1v) is 8.98. The SMILES string of the molecule is CCN(CC)C(=O)c1c2ccc(c1O)CCc1ccc(c(O)c1)CC2. The van der Waals surface area contributed by atoms with Crippen molar-refractivity contribution >= 4 is 5.91 Å². The van der Waals surface area contributed by atoms with E-state index in [0.29, 0.717) is 50.1 Å². The lowest BCUT2D eigenvalue weighted by molar-refractivity contribution is 0.0768. The number of rotatable bonds is 3. The van der Waals surface area contributed by atoms with Gasteiger partial charge in [-0.05, 0) is 67.9 Å². The highest BCUT2D eigenvalue weighted by Crippen LogP contribution is 2.32. The van der Waals surface area contributed by atoms with Crippen LogP contribution in [0.2, 0.25) is 0 Å². The Kier molecular flexibility index (Phi) is 4.98. The molecule has 0 spiro atoms. The number of carbonyl (C=O) groups is 1. The van der Waals surface area contributed by atoms with E-state index in [4.69, 9.17) is 0 Å². The van der Waals surface area contributed by atoms with Gasteiger partial charge in [0.15, 0.2) is 0 Å². The van der Waals surface area contributed by atoms with Crippen LogP contribution in [0.25, 0.3) is 0 Å².